The molecule has 0 unspecified atom stereocenters. The van der Waals surface area contributed by atoms with Gasteiger partial charge in [-0.2, -0.15) is 0 Å². The van der Waals surface area contributed by atoms with Crippen LogP contribution in [0.3, 0.4) is 0 Å². The lowest BCUT2D eigenvalue weighted by atomic mass is 9.83. The number of carbonyl (C=O) groups excluding carboxylic acids is 1. The number of hydrogen-bond acceptors (Lipinski definition) is 3. The first-order chi connectivity index (χ1) is 7.24. The highest BCUT2D eigenvalue weighted by Gasteiger charge is 2.20. The van der Waals surface area contributed by atoms with Crippen LogP contribution in [0.25, 0.3) is 0 Å². The molecule has 0 aromatic carbocycles. The summed E-state index contributed by atoms with van der Waals surface area (Å²) < 4.78 is 0. The molecule has 1 amide bonds. The highest BCUT2D eigenvalue weighted by molar-refractivity contribution is 5.90. The summed E-state index contributed by atoms with van der Waals surface area (Å²) >= 11 is 0. The minimum atomic E-state index is 0. The number of hydrogen-bond donors (Lipinski definition) is 2. The summed E-state index contributed by atoms with van der Waals surface area (Å²) in [5.41, 5.74) is 6.16. The Kier molecular flexibility index (Phi) is 4.55. The van der Waals surface area contributed by atoms with Crippen LogP contribution in [0.5, 0.6) is 0 Å². The molecule has 0 saturated heterocycles. The Morgan fingerprint density at radius 3 is 2.75 bits per heavy atom. The van der Waals surface area contributed by atoms with Crippen molar-refractivity contribution < 1.29 is 4.79 Å². The summed E-state index contributed by atoms with van der Waals surface area (Å²) in [4.78, 5) is 15.4. The predicted octanol–water partition coefficient (Wildman–Crippen LogP) is 2.21. The van der Waals surface area contributed by atoms with Crippen molar-refractivity contribution in [3.63, 3.8) is 0 Å². The molecular weight excluding hydrogens is 226 g/mol. The number of halogens is 1. The van der Waals surface area contributed by atoms with E-state index in [4.69, 9.17) is 5.73 Å². The van der Waals surface area contributed by atoms with E-state index < -0.39 is 0 Å². The van der Waals surface area contributed by atoms with Crippen LogP contribution in [0.1, 0.15) is 25.7 Å². The zero-order chi connectivity index (χ0) is 10.7. The first kappa shape index (κ1) is 12.8. The maximum atomic E-state index is 11.5. The third-order valence-corrected chi connectivity index (χ3v) is 2.77. The number of nitrogen functional groups attached to an aromatic ring is 1. The molecule has 0 atom stereocenters. The monoisotopic (exact) mass is 241 g/mol. The Morgan fingerprint density at radius 1 is 1.50 bits per heavy atom. The van der Waals surface area contributed by atoms with E-state index in [1.807, 2.05) is 0 Å². The minimum Gasteiger partial charge on any atom is -0.384 e. The molecule has 1 aromatic rings. The van der Waals surface area contributed by atoms with Gasteiger partial charge >= 0.3 is 0 Å². The quantitative estimate of drug-likeness (QED) is 0.853. The number of nitrogens with one attached hydrogen (secondary N) is 1. The average molecular weight is 242 g/mol. The second-order valence-electron chi connectivity index (χ2n) is 4.02. The second kappa shape index (κ2) is 5.70. The number of nitrogens with two attached hydrogens (primary N) is 1. The summed E-state index contributed by atoms with van der Waals surface area (Å²) in [6, 6.07) is 3.44. The van der Waals surface area contributed by atoms with E-state index in [0.29, 0.717) is 23.8 Å². The zero-order valence-electron chi connectivity index (χ0n) is 8.98. The van der Waals surface area contributed by atoms with Gasteiger partial charge in [-0.15, -0.1) is 12.4 Å². The second-order valence-corrected chi connectivity index (χ2v) is 4.02. The number of carbonyl (C=O) groups is 1. The average Bonchev–Trinajstić information content (AvgIpc) is 2.16. The fraction of sp³-hybridized carbons (Fsp3) is 0.455. The number of nitrogens with zero attached hydrogens (tertiary/aromatic N) is 1. The molecule has 1 saturated carbocycles. The third kappa shape index (κ3) is 3.38. The van der Waals surface area contributed by atoms with Gasteiger partial charge in [0.25, 0.3) is 0 Å². The molecule has 0 spiro atoms. The van der Waals surface area contributed by atoms with Gasteiger partial charge in [0.1, 0.15) is 5.82 Å². The number of amides is 1. The molecule has 1 heterocycles. The molecule has 2 rings (SSSR count). The van der Waals surface area contributed by atoms with Gasteiger partial charge in [0.15, 0.2) is 0 Å². The molecule has 3 N–H and O–H groups in total. The van der Waals surface area contributed by atoms with Crippen LogP contribution in [-0.2, 0) is 4.79 Å². The van der Waals surface area contributed by atoms with Crippen LogP contribution >= 0.6 is 12.4 Å². The fourth-order valence-electron chi connectivity index (χ4n) is 1.65. The lowest BCUT2D eigenvalue weighted by Gasteiger charge is -2.24. The number of aromatic nitrogens is 1. The number of pyridine rings is 1. The van der Waals surface area contributed by atoms with Crippen LogP contribution in [0.4, 0.5) is 11.5 Å². The first-order valence-electron chi connectivity index (χ1n) is 5.25. The van der Waals surface area contributed by atoms with Gasteiger partial charge in [-0.3, -0.25) is 4.79 Å². The maximum Gasteiger partial charge on any atom is 0.224 e. The predicted molar refractivity (Wildman–Crippen MR) is 66.5 cm³/mol. The lowest BCUT2D eigenvalue weighted by Crippen LogP contribution is -2.20. The Morgan fingerprint density at radius 2 is 2.25 bits per heavy atom. The molecule has 16 heavy (non-hydrogen) atoms. The summed E-state index contributed by atoms with van der Waals surface area (Å²) in [7, 11) is 0. The van der Waals surface area contributed by atoms with E-state index in [-0.39, 0.29) is 18.3 Å². The SMILES string of the molecule is Cl.Nc1ccc(NC(=O)CC2CCC2)cn1. The van der Waals surface area contributed by atoms with Crippen LogP contribution in [0.15, 0.2) is 18.3 Å². The molecule has 88 valence electrons. The Bertz CT molecular complexity index is 349. The number of rotatable bonds is 3. The van der Waals surface area contributed by atoms with E-state index in [1.54, 1.807) is 18.3 Å². The molecule has 0 bridgehead atoms. The Labute approximate surface area is 101 Å². The van der Waals surface area contributed by atoms with Gasteiger partial charge < -0.3 is 11.1 Å². The fourth-order valence-corrected chi connectivity index (χ4v) is 1.65. The van der Waals surface area contributed by atoms with Gasteiger partial charge in [0.05, 0.1) is 11.9 Å². The van der Waals surface area contributed by atoms with Crippen molar-refractivity contribution in [1.82, 2.24) is 4.98 Å². The summed E-state index contributed by atoms with van der Waals surface area (Å²) in [5, 5.41) is 2.81. The van der Waals surface area contributed by atoms with E-state index in [2.05, 4.69) is 10.3 Å². The van der Waals surface area contributed by atoms with E-state index in [9.17, 15) is 4.79 Å². The van der Waals surface area contributed by atoms with Crippen LogP contribution < -0.4 is 11.1 Å². The van der Waals surface area contributed by atoms with Crippen LogP contribution in [0.2, 0.25) is 0 Å². The van der Waals surface area contributed by atoms with Gasteiger partial charge in [0.2, 0.25) is 5.91 Å². The lowest BCUT2D eigenvalue weighted by molar-refractivity contribution is -0.117. The topological polar surface area (TPSA) is 68.0 Å². The molecule has 5 heteroatoms. The van der Waals surface area contributed by atoms with Gasteiger partial charge in [0, 0.05) is 6.42 Å². The molecule has 1 fully saturated rings. The van der Waals surface area contributed by atoms with Crippen molar-refractivity contribution in [2.45, 2.75) is 25.7 Å². The van der Waals surface area contributed by atoms with Crippen molar-refractivity contribution in [2.24, 2.45) is 5.92 Å². The van der Waals surface area contributed by atoms with Crippen molar-refractivity contribution >= 4 is 29.8 Å². The van der Waals surface area contributed by atoms with Crippen LogP contribution in [-0.4, -0.2) is 10.9 Å². The van der Waals surface area contributed by atoms with Crippen molar-refractivity contribution in [3.05, 3.63) is 18.3 Å². The highest BCUT2D eigenvalue weighted by atomic mass is 35.5. The van der Waals surface area contributed by atoms with Crippen molar-refractivity contribution in [2.75, 3.05) is 11.1 Å². The molecular formula is C11H16ClN3O. The smallest absolute Gasteiger partial charge is 0.224 e. The highest BCUT2D eigenvalue weighted by Crippen LogP contribution is 2.29. The standard InChI is InChI=1S/C11H15N3O.ClH/c12-10-5-4-9(7-13-10)14-11(15)6-8-2-1-3-8;/h4-5,7-8H,1-3,6H2,(H2,12,13)(H,14,15);1H. The zero-order valence-corrected chi connectivity index (χ0v) is 9.80. The number of anilines is 2. The molecule has 4 nitrogen and oxygen atoms in total. The van der Waals surface area contributed by atoms with Gasteiger partial charge in [-0.1, -0.05) is 6.42 Å². The molecule has 1 aromatic heterocycles. The van der Waals surface area contributed by atoms with Crippen molar-refractivity contribution in [3.8, 4) is 0 Å². The molecule has 1 aliphatic carbocycles. The summed E-state index contributed by atoms with van der Waals surface area (Å²) in [6.07, 6.45) is 5.85. The van der Waals surface area contributed by atoms with Crippen LogP contribution in [0, 0.1) is 5.92 Å². The van der Waals surface area contributed by atoms with Gasteiger partial charge in [-0.05, 0) is 30.9 Å². The summed E-state index contributed by atoms with van der Waals surface area (Å²) in [6.45, 7) is 0. The van der Waals surface area contributed by atoms with E-state index >= 15 is 0 Å². The molecule has 0 aliphatic heterocycles. The Balaban J connectivity index is 0.00000128. The molecule has 0 radical (unpaired) electrons. The largest absolute Gasteiger partial charge is 0.384 e. The molecule has 1 aliphatic rings. The summed E-state index contributed by atoms with van der Waals surface area (Å²) in [5.74, 6) is 1.13. The Hall–Kier alpha value is -1.29. The van der Waals surface area contributed by atoms with E-state index in [0.717, 1.165) is 0 Å². The maximum absolute atomic E-state index is 11.5. The van der Waals surface area contributed by atoms with Crippen molar-refractivity contribution in [1.29, 1.82) is 0 Å². The third-order valence-electron chi connectivity index (χ3n) is 2.77. The minimum absolute atomic E-state index is 0. The first-order valence-corrected chi connectivity index (χ1v) is 5.25. The van der Waals surface area contributed by atoms with E-state index in [1.165, 1.54) is 19.3 Å². The normalized spacial score (nSPS) is 14.8. The van der Waals surface area contributed by atoms with Gasteiger partial charge in [-0.25, -0.2) is 4.98 Å².